The molecule has 7 nitrogen and oxygen atoms in total. The number of rotatable bonds is 4. The number of pyridine rings is 1. The molecular weight excluding hydrogens is 336 g/mol. The van der Waals surface area contributed by atoms with E-state index in [0.29, 0.717) is 10.4 Å². The van der Waals surface area contributed by atoms with Gasteiger partial charge in [-0.1, -0.05) is 0 Å². The second kappa shape index (κ2) is 5.17. The summed E-state index contributed by atoms with van der Waals surface area (Å²) in [6, 6.07) is 2.94. The van der Waals surface area contributed by atoms with Crippen LogP contribution in [0, 0.1) is 0 Å². The first kappa shape index (κ1) is 13.8. The summed E-state index contributed by atoms with van der Waals surface area (Å²) in [6.45, 7) is 0. The highest BCUT2D eigenvalue weighted by Crippen LogP contribution is 2.20. The molecule has 2 aromatic rings. The van der Waals surface area contributed by atoms with Gasteiger partial charge in [0.05, 0.1) is 7.11 Å². The van der Waals surface area contributed by atoms with Crippen molar-refractivity contribution in [3.8, 4) is 5.88 Å². The molecule has 102 valence electrons. The Morgan fingerprint density at radius 1 is 1.37 bits per heavy atom. The zero-order chi connectivity index (χ0) is 14.0. The van der Waals surface area contributed by atoms with E-state index < -0.39 is 10.0 Å². The maximum atomic E-state index is 12.1. The molecule has 0 aliphatic heterocycles. The Morgan fingerprint density at radius 3 is 2.68 bits per heavy atom. The van der Waals surface area contributed by atoms with Gasteiger partial charge in [-0.25, -0.2) is 13.1 Å². The lowest BCUT2D eigenvalue weighted by molar-refractivity contribution is 0.373. The van der Waals surface area contributed by atoms with Crippen LogP contribution >= 0.6 is 15.9 Å². The number of nitrogens with one attached hydrogen (secondary N) is 1. The summed E-state index contributed by atoms with van der Waals surface area (Å²) in [4.78, 5) is 3.86. The number of aromatic nitrogens is 3. The molecule has 0 atom stereocenters. The number of hydrogen-bond acceptors (Lipinski definition) is 5. The Kier molecular flexibility index (Phi) is 3.76. The second-order valence-electron chi connectivity index (χ2n) is 3.64. The third-order valence-corrected chi connectivity index (χ3v) is 4.03. The molecule has 2 rings (SSSR count). The van der Waals surface area contributed by atoms with Crippen LogP contribution in [0.4, 0.5) is 5.82 Å². The fourth-order valence-electron chi connectivity index (χ4n) is 1.43. The molecule has 0 aliphatic rings. The number of aryl methyl sites for hydroxylation is 1. The summed E-state index contributed by atoms with van der Waals surface area (Å²) in [7, 11) is -0.592. The summed E-state index contributed by atoms with van der Waals surface area (Å²) in [5.74, 6) is 0.629. The smallest absolute Gasteiger partial charge is 0.264 e. The lowest BCUT2D eigenvalue weighted by Crippen LogP contribution is -2.13. The van der Waals surface area contributed by atoms with E-state index in [4.69, 9.17) is 4.74 Å². The van der Waals surface area contributed by atoms with Crippen LogP contribution in [0.5, 0.6) is 5.88 Å². The summed E-state index contributed by atoms with van der Waals surface area (Å²) < 4.78 is 33.6. The average molecular weight is 347 g/mol. The molecule has 2 aromatic heterocycles. The summed E-state index contributed by atoms with van der Waals surface area (Å²) in [6.07, 6.45) is 2.76. The first-order valence-corrected chi connectivity index (χ1v) is 7.41. The number of anilines is 1. The van der Waals surface area contributed by atoms with Gasteiger partial charge in [-0.05, 0) is 22.0 Å². The van der Waals surface area contributed by atoms with Crippen molar-refractivity contribution in [2.24, 2.45) is 7.05 Å². The molecule has 0 radical (unpaired) electrons. The largest absolute Gasteiger partial charge is 0.481 e. The van der Waals surface area contributed by atoms with Gasteiger partial charge in [0.25, 0.3) is 10.0 Å². The number of halogens is 1. The van der Waals surface area contributed by atoms with Crippen molar-refractivity contribution in [3.63, 3.8) is 0 Å². The Bertz CT molecular complexity index is 699. The van der Waals surface area contributed by atoms with Crippen LogP contribution in [0.15, 0.2) is 33.9 Å². The van der Waals surface area contributed by atoms with E-state index in [2.05, 4.69) is 30.7 Å². The maximum absolute atomic E-state index is 12.1. The zero-order valence-corrected chi connectivity index (χ0v) is 12.6. The normalized spacial score (nSPS) is 11.3. The molecular formula is C10H11BrN4O3S. The standard InChI is InChI=1S/C10H11BrN4O3S/c1-15-10(18-2)4-9(13-15)14-19(16,17)8-3-7(11)5-12-6-8/h3-6H,1-2H3,(H,13,14). The molecule has 0 aliphatic carbocycles. The van der Waals surface area contributed by atoms with Gasteiger partial charge in [0.2, 0.25) is 5.88 Å². The molecule has 0 saturated carbocycles. The predicted octanol–water partition coefficient (Wildman–Crippen LogP) is 1.39. The lowest BCUT2D eigenvalue weighted by Gasteiger charge is -2.04. The van der Waals surface area contributed by atoms with Gasteiger partial charge in [0, 0.05) is 30.0 Å². The van der Waals surface area contributed by atoms with Gasteiger partial charge in [0.1, 0.15) is 4.90 Å². The Morgan fingerprint density at radius 2 is 2.11 bits per heavy atom. The van der Waals surface area contributed by atoms with E-state index >= 15 is 0 Å². The van der Waals surface area contributed by atoms with Gasteiger partial charge in [0.15, 0.2) is 5.82 Å². The molecule has 0 aromatic carbocycles. The third kappa shape index (κ3) is 3.04. The Balaban J connectivity index is 2.31. The first-order chi connectivity index (χ1) is 8.92. The van der Waals surface area contributed by atoms with Crippen molar-refractivity contribution in [3.05, 3.63) is 29.0 Å². The Hall–Kier alpha value is -1.61. The summed E-state index contributed by atoms with van der Waals surface area (Å²) in [5.41, 5.74) is 0. The van der Waals surface area contributed by atoms with E-state index in [1.807, 2.05) is 0 Å². The van der Waals surface area contributed by atoms with Crippen molar-refractivity contribution in [2.45, 2.75) is 4.90 Å². The minimum Gasteiger partial charge on any atom is -0.481 e. The number of ether oxygens (including phenoxy) is 1. The van der Waals surface area contributed by atoms with Gasteiger partial charge in [-0.15, -0.1) is 0 Å². The maximum Gasteiger partial charge on any atom is 0.264 e. The average Bonchev–Trinajstić information content (AvgIpc) is 2.68. The first-order valence-electron chi connectivity index (χ1n) is 5.14. The molecule has 0 bridgehead atoms. The SMILES string of the molecule is COc1cc(NS(=O)(=O)c2cncc(Br)c2)nn1C. The van der Waals surface area contributed by atoms with E-state index in [0.717, 1.165) is 0 Å². The van der Waals surface area contributed by atoms with E-state index in [1.165, 1.54) is 36.3 Å². The minimum atomic E-state index is -3.72. The molecule has 1 N–H and O–H groups in total. The number of methoxy groups -OCH3 is 1. The van der Waals surface area contributed by atoms with Crippen molar-refractivity contribution >= 4 is 31.8 Å². The van der Waals surface area contributed by atoms with Crippen LogP contribution in [-0.2, 0) is 17.1 Å². The van der Waals surface area contributed by atoms with Gasteiger partial charge in [-0.3, -0.25) is 9.71 Å². The minimum absolute atomic E-state index is 0.0477. The van der Waals surface area contributed by atoms with Crippen molar-refractivity contribution in [1.29, 1.82) is 0 Å². The van der Waals surface area contributed by atoms with Gasteiger partial charge < -0.3 is 4.74 Å². The number of hydrogen-bond donors (Lipinski definition) is 1. The molecule has 9 heteroatoms. The van der Waals surface area contributed by atoms with Crippen LogP contribution in [0.1, 0.15) is 0 Å². The predicted molar refractivity (Wildman–Crippen MR) is 72.5 cm³/mol. The zero-order valence-electron chi connectivity index (χ0n) is 10.2. The highest BCUT2D eigenvalue weighted by molar-refractivity contribution is 9.10. The second-order valence-corrected chi connectivity index (χ2v) is 6.24. The number of sulfonamides is 1. The van der Waals surface area contributed by atoms with Crippen LogP contribution in [-0.4, -0.2) is 30.3 Å². The number of nitrogens with zero attached hydrogens (tertiary/aromatic N) is 3. The summed E-state index contributed by atoms with van der Waals surface area (Å²) >= 11 is 3.17. The van der Waals surface area contributed by atoms with Crippen molar-refractivity contribution < 1.29 is 13.2 Å². The van der Waals surface area contributed by atoms with Crippen LogP contribution in [0.25, 0.3) is 0 Å². The lowest BCUT2D eigenvalue weighted by atomic mass is 10.5. The van der Waals surface area contributed by atoms with Crippen LogP contribution in [0.2, 0.25) is 0 Å². The molecule has 0 spiro atoms. The molecule has 0 unspecified atom stereocenters. The third-order valence-electron chi connectivity index (χ3n) is 2.28. The fraction of sp³-hybridized carbons (Fsp3) is 0.200. The molecule has 0 saturated heterocycles. The van der Waals surface area contributed by atoms with Gasteiger partial charge in [-0.2, -0.15) is 5.10 Å². The topological polar surface area (TPSA) is 86.1 Å². The molecule has 19 heavy (non-hydrogen) atoms. The van der Waals surface area contributed by atoms with E-state index in [-0.39, 0.29) is 10.7 Å². The van der Waals surface area contributed by atoms with E-state index in [9.17, 15) is 8.42 Å². The van der Waals surface area contributed by atoms with E-state index in [1.54, 1.807) is 7.05 Å². The van der Waals surface area contributed by atoms with Crippen molar-refractivity contribution in [2.75, 3.05) is 11.8 Å². The highest BCUT2D eigenvalue weighted by Gasteiger charge is 2.17. The van der Waals surface area contributed by atoms with Crippen LogP contribution < -0.4 is 9.46 Å². The molecule has 0 amide bonds. The van der Waals surface area contributed by atoms with Gasteiger partial charge >= 0.3 is 0 Å². The Labute approximate surface area is 118 Å². The monoisotopic (exact) mass is 346 g/mol. The molecule has 0 fully saturated rings. The van der Waals surface area contributed by atoms with Crippen molar-refractivity contribution in [1.82, 2.24) is 14.8 Å². The summed E-state index contributed by atoms with van der Waals surface area (Å²) in [5, 5.41) is 3.98. The van der Waals surface area contributed by atoms with Crippen LogP contribution in [0.3, 0.4) is 0 Å². The fourth-order valence-corrected chi connectivity index (χ4v) is 2.92. The molecule has 2 heterocycles. The highest BCUT2D eigenvalue weighted by atomic mass is 79.9. The quantitative estimate of drug-likeness (QED) is 0.903.